The first-order valence-corrected chi connectivity index (χ1v) is 5.70. The third-order valence-corrected chi connectivity index (χ3v) is 2.54. The van der Waals surface area contributed by atoms with Crippen LogP contribution >= 0.6 is 0 Å². The first kappa shape index (κ1) is 11.3. The molecule has 0 spiro atoms. The minimum Gasteiger partial charge on any atom is -0.459 e. The third-order valence-electron chi connectivity index (χ3n) is 2.54. The number of carbonyl (C=O) groups is 1. The first-order chi connectivity index (χ1) is 6.83. The van der Waals surface area contributed by atoms with Crippen molar-refractivity contribution < 1.29 is 9.53 Å². The fraction of sp³-hybridized carbons (Fsp3) is 0.750. The van der Waals surface area contributed by atoms with Crippen LogP contribution in [0.4, 0.5) is 0 Å². The lowest BCUT2D eigenvalue weighted by Crippen LogP contribution is -2.19. The number of esters is 1. The van der Waals surface area contributed by atoms with Gasteiger partial charge in [-0.25, -0.2) is 4.79 Å². The molecule has 1 rings (SSSR count). The maximum Gasteiger partial charge on any atom is 0.330 e. The Balaban J connectivity index is 2.18. The van der Waals surface area contributed by atoms with Crippen molar-refractivity contribution >= 4 is 5.97 Å². The van der Waals surface area contributed by atoms with Crippen LogP contribution in [0, 0.1) is 0 Å². The largest absolute Gasteiger partial charge is 0.459 e. The Bertz CT molecular complexity index is 190. The van der Waals surface area contributed by atoms with Gasteiger partial charge in [0.25, 0.3) is 0 Å². The molecule has 0 N–H and O–H groups in total. The molecule has 0 bridgehead atoms. The lowest BCUT2D eigenvalue weighted by molar-refractivity contribution is -0.144. The number of hydrogen-bond acceptors (Lipinski definition) is 2. The molecule has 1 aliphatic rings. The molecule has 2 heteroatoms. The maximum absolute atomic E-state index is 11.3. The van der Waals surface area contributed by atoms with Gasteiger partial charge in [0.05, 0.1) is 0 Å². The van der Waals surface area contributed by atoms with Crippen molar-refractivity contribution in [2.75, 3.05) is 0 Å². The highest BCUT2D eigenvalue weighted by molar-refractivity contribution is 5.82. The number of rotatable bonds is 4. The van der Waals surface area contributed by atoms with E-state index in [1.54, 1.807) is 6.08 Å². The number of ether oxygens (including phenoxy) is 1. The van der Waals surface area contributed by atoms with Gasteiger partial charge in [0.15, 0.2) is 0 Å². The van der Waals surface area contributed by atoms with Crippen LogP contribution in [0.25, 0.3) is 0 Å². The summed E-state index contributed by atoms with van der Waals surface area (Å²) in [6.07, 6.45) is 11.5. The van der Waals surface area contributed by atoms with Gasteiger partial charge in [-0.15, -0.1) is 0 Å². The van der Waals surface area contributed by atoms with Crippen molar-refractivity contribution in [3.05, 3.63) is 12.2 Å². The summed E-state index contributed by atoms with van der Waals surface area (Å²) in [6.45, 7) is 2.09. The second-order valence-corrected chi connectivity index (χ2v) is 3.89. The highest BCUT2D eigenvalue weighted by Crippen LogP contribution is 2.20. The Kier molecular flexibility index (Phi) is 5.35. The molecule has 0 aromatic heterocycles. The number of carbonyl (C=O) groups excluding carboxylic acids is 1. The van der Waals surface area contributed by atoms with Gasteiger partial charge in [-0.3, -0.25) is 0 Å². The average Bonchev–Trinajstić information content (AvgIpc) is 2.20. The molecule has 0 amide bonds. The van der Waals surface area contributed by atoms with E-state index in [1.807, 2.05) is 6.08 Å². The zero-order valence-electron chi connectivity index (χ0n) is 9.00. The molecule has 0 aromatic rings. The van der Waals surface area contributed by atoms with Gasteiger partial charge in [0.1, 0.15) is 6.10 Å². The number of allylic oxidation sites excluding steroid dienone is 1. The molecule has 1 saturated carbocycles. The molecule has 80 valence electrons. The summed E-state index contributed by atoms with van der Waals surface area (Å²) in [5.74, 6) is -0.162. The summed E-state index contributed by atoms with van der Waals surface area (Å²) >= 11 is 0. The molecule has 0 radical (unpaired) electrons. The zero-order valence-corrected chi connectivity index (χ0v) is 9.00. The second kappa shape index (κ2) is 6.63. The van der Waals surface area contributed by atoms with E-state index in [0.717, 1.165) is 25.7 Å². The van der Waals surface area contributed by atoms with E-state index in [9.17, 15) is 4.79 Å². The van der Waals surface area contributed by atoms with Crippen molar-refractivity contribution in [3.63, 3.8) is 0 Å². The average molecular weight is 196 g/mol. The van der Waals surface area contributed by atoms with Crippen LogP contribution in [0.2, 0.25) is 0 Å². The standard InChI is InChI=1S/C12H20O2/c1-2-3-5-10-12(13)14-11-8-6-4-7-9-11/h5,10-11H,2-4,6-9H2,1H3/b10-5+. The lowest BCUT2D eigenvalue weighted by atomic mass is 9.98. The molecule has 0 heterocycles. The molecular weight excluding hydrogens is 176 g/mol. The summed E-state index contributed by atoms with van der Waals surface area (Å²) in [5, 5.41) is 0. The van der Waals surface area contributed by atoms with Crippen molar-refractivity contribution in [1.82, 2.24) is 0 Å². The molecular formula is C12H20O2. The van der Waals surface area contributed by atoms with Crippen LogP contribution < -0.4 is 0 Å². The predicted molar refractivity (Wildman–Crippen MR) is 57.0 cm³/mol. The summed E-state index contributed by atoms with van der Waals surface area (Å²) in [7, 11) is 0. The maximum atomic E-state index is 11.3. The molecule has 1 aliphatic carbocycles. The van der Waals surface area contributed by atoms with Gasteiger partial charge in [-0.05, 0) is 32.1 Å². The molecule has 0 aliphatic heterocycles. The SMILES string of the molecule is CCC/C=C/C(=O)OC1CCCCC1. The quantitative estimate of drug-likeness (QED) is 0.509. The van der Waals surface area contributed by atoms with Crippen molar-refractivity contribution in [1.29, 1.82) is 0 Å². The fourth-order valence-corrected chi connectivity index (χ4v) is 1.73. The molecule has 0 saturated heterocycles. The molecule has 0 atom stereocenters. The number of unbranched alkanes of at least 4 members (excludes halogenated alkanes) is 1. The highest BCUT2D eigenvalue weighted by Gasteiger charge is 2.15. The van der Waals surface area contributed by atoms with E-state index in [0.29, 0.717) is 0 Å². The Labute approximate surface area is 86.3 Å². The Morgan fingerprint density at radius 2 is 2.07 bits per heavy atom. The predicted octanol–water partition coefficient (Wildman–Crippen LogP) is 3.22. The normalized spacial score (nSPS) is 18.6. The molecule has 0 aromatic carbocycles. The zero-order chi connectivity index (χ0) is 10.2. The van der Waals surface area contributed by atoms with E-state index in [2.05, 4.69) is 6.92 Å². The minimum atomic E-state index is -0.162. The van der Waals surface area contributed by atoms with Crippen LogP contribution in [0.3, 0.4) is 0 Å². The van der Waals surface area contributed by atoms with E-state index in [-0.39, 0.29) is 12.1 Å². The van der Waals surface area contributed by atoms with Crippen LogP contribution in [-0.2, 0) is 9.53 Å². The van der Waals surface area contributed by atoms with Gasteiger partial charge < -0.3 is 4.74 Å². The second-order valence-electron chi connectivity index (χ2n) is 3.89. The van der Waals surface area contributed by atoms with Crippen LogP contribution in [-0.4, -0.2) is 12.1 Å². The minimum absolute atomic E-state index is 0.162. The summed E-state index contributed by atoms with van der Waals surface area (Å²) in [6, 6.07) is 0. The Morgan fingerprint density at radius 1 is 1.36 bits per heavy atom. The van der Waals surface area contributed by atoms with Crippen molar-refractivity contribution in [2.45, 2.75) is 58.0 Å². The smallest absolute Gasteiger partial charge is 0.330 e. The van der Waals surface area contributed by atoms with Gasteiger partial charge in [-0.2, -0.15) is 0 Å². The topological polar surface area (TPSA) is 26.3 Å². The van der Waals surface area contributed by atoms with Crippen molar-refractivity contribution in [2.24, 2.45) is 0 Å². The Hall–Kier alpha value is -0.790. The Morgan fingerprint density at radius 3 is 2.71 bits per heavy atom. The summed E-state index contributed by atoms with van der Waals surface area (Å²) in [4.78, 5) is 11.3. The van der Waals surface area contributed by atoms with Gasteiger partial charge >= 0.3 is 5.97 Å². The van der Waals surface area contributed by atoms with E-state index >= 15 is 0 Å². The van der Waals surface area contributed by atoms with Crippen LogP contribution in [0.15, 0.2) is 12.2 Å². The molecule has 1 fully saturated rings. The van der Waals surface area contributed by atoms with Crippen molar-refractivity contribution in [3.8, 4) is 0 Å². The van der Waals surface area contributed by atoms with Gasteiger partial charge in [-0.1, -0.05) is 25.8 Å². The van der Waals surface area contributed by atoms with E-state index < -0.39 is 0 Å². The summed E-state index contributed by atoms with van der Waals surface area (Å²) < 4.78 is 5.31. The lowest BCUT2D eigenvalue weighted by Gasteiger charge is -2.20. The third kappa shape index (κ3) is 4.45. The first-order valence-electron chi connectivity index (χ1n) is 5.70. The van der Waals surface area contributed by atoms with E-state index in [1.165, 1.54) is 19.3 Å². The monoisotopic (exact) mass is 196 g/mol. The van der Waals surface area contributed by atoms with E-state index in [4.69, 9.17) is 4.74 Å². The highest BCUT2D eigenvalue weighted by atomic mass is 16.5. The fourth-order valence-electron chi connectivity index (χ4n) is 1.73. The molecule has 2 nitrogen and oxygen atoms in total. The van der Waals surface area contributed by atoms with Crippen LogP contribution in [0.1, 0.15) is 51.9 Å². The molecule has 14 heavy (non-hydrogen) atoms. The summed E-state index contributed by atoms with van der Waals surface area (Å²) in [5.41, 5.74) is 0. The number of hydrogen-bond donors (Lipinski definition) is 0. The van der Waals surface area contributed by atoms with Crippen LogP contribution in [0.5, 0.6) is 0 Å². The van der Waals surface area contributed by atoms with Gasteiger partial charge in [0, 0.05) is 6.08 Å². The van der Waals surface area contributed by atoms with Gasteiger partial charge in [0.2, 0.25) is 0 Å². The molecule has 0 unspecified atom stereocenters.